The number of hydrogen-bond acceptors (Lipinski definition) is 4. The maximum Gasteiger partial charge on any atom is 0.152 e. The van der Waals surface area contributed by atoms with E-state index in [-0.39, 0.29) is 24.2 Å². The summed E-state index contributed by atoms with van der Waals surface area (Å²) in [7, 11) is -3.23. The first-order chi connectivity index (χ1) is 11.4. The van der Waals surface area contributed by atoms with Gasteiger partial charge >= 0.3 is 0 Å². The molecule has 1 N–H and O–H groups in total. The van der Waals surface area contributed by atoms with Crippen molar-refractivity contribution in [1.82, 2.24) is 0 Å². The highest BCUT2D eigenvalue weighted by atomic mass is 32.2. The third-order valence-electron chi connectivity index (χ3n) is 3.82. The number of rotatable bonds is 8. The SMILES string of the molecule is CCS(=O)(=O)CC(O)COC(c1ccccc1)c1ccc(C)cc1. The van der Waals surface area contributed by atoms with Crippen LogP contribution in [0.4, 0.5) is 0 Å². The van der Waals surface area contributed by atoms with E-state index in [1.807, 2.05) is 61.5 Å². The van der Waals surface area contributed by atoms with Gasteiger partial charge in [-0.3, -0.25) is 0 Å². The van der Waals surface area contributed by atoms with Gasteiger partial charge < -0.3 is 9.84 Å². The van der Waals surface area contributed by atoms with Gasteiger partial charge in [-0.2, -0.15) is 0 Å². The lowest BCUT2D eigenvalue weighted by atomic mass is 10.0. The van der Waals surface area contributed by atoms with Crippen LogP contribution >= 0.6 is 0 Å². The monoisotopic (exact) mass is 348 g/mol. The minimum atomic E-state index is -3.23. The highest BCUT2D eigenvalue weighted by Crippen LogP contribution is 2.26. The van der Waals surface area contributed by atoms with Crippen molar-refractivity contribution in [2.24, 2.45) is 0 Å². The first kappa shape index (κ1) is 18.6. The highest BCUT2D eigenvalue weighted by molar-refractivity contribution is 7.91. The maximum absolute atomic E-state index is 11.6. The van der Waals surface area contributed by atoms with Crippen LogP contribution < -0.4 is 0 Å². The molecule has 0 aliphatic carbocycles. The van der Waals surface area contributed by atoms with Crippen LogP contribution in [0.2, 0.25) is 0 Å². The normalized spacial score (nSPS) is 14.3. The van der Waals surface area contributed by atoms with Crippen LogP contribution in [0.5, 0.6) is 0 Å². The van der Waals surface area contributed by atoms with E-state index in [4.69, 9.17) is 4.74 Å². The minimum absolute atomic E-state index is 0.0180. The number of aliphatic hydroxyl groups is 1. The number of ether oxygens (including phenoxy) is 1. The average molecular weight is 348 g/mol. The van der Waals surface area contributed by atoms with Crippen molar-refractivity contribution in [3.8, 4) is 0 Å². The Labute approximate surface area is 144 Å². The maximum atomic E-state index is 11.6. The fourth-order valence-corrected chi connectivity index (χ4v) is 3.34. The van der Waals surface area contributed by atoms with Gasteiger partial charge in [0.15, 0.2) is 9.84 Å². The Morgan fingerprint density at radius 2 is 1.58 bits per heavy atom. The largest absolute Gasteiger partial charge is 0.390 e. The Bertz CT molecular complexity index is 724. The van der Waals surface area contributed by atoms with Gasteiger partial charge in [0, 0.05) is 5.75 Å². The summed E-state index contributed by atoms with van der Waals surface area (Å²) in [5.41, 5.74) is 3.09. The molecule has 0 aromatic heterocycles. The van der Waals surface area contributed by atoms with E-state index in [0.29, 0.717) is 0 Å². The Morgan fingerprint density at radius 1 is 1.00 bits per heavy atom. The Hall–Kier alpha value is -1.69. The molecule has 5 heteroatoms. The van der Waals surface area contributed by atoms with Crippen LogP contribution in [0.15, 0.2) is 54.6 Å². The van der Waals surface area contributed by atoms with E-state index >= 15 is 0 Å². The summed E-state index contributed by atoms with van der Waals surface area (Å²) in [5, 5.41) is 10.00. The van der Waals surface area contributed by atoms with Gasteiger partial charge in [0.1, 0.15) is 6.10 Å². The van der Waals surface area contributed by atoms with Crippen LogP contribution in [-0.2, 0) is 14.6 Å². The molecule has 2 rings (SSSR count). The lowest BCUT2D eigenvalue weighted by molar-refractivity contribution is 0.0149. The third kappa shape index (κ3) is 5.44. The molecule has 2 aromatic carbocycles. The number of aliphatic hydroxyl groups excluding tert-OH is 1. The number of benzene rings is 2. The summed E-state index contributed by atoms with van der Waals surface area (Å²) in [6.45, 7) is 3.55. The fourth-order valence-electron chi connectivity index (χ4n) is 2.42. The van der Waals surface area contributed by atoms with Crippen molar-refractivity contribution in [2.45, 2.75) is 26.1 Å². The second kappa shape index (κ2) is 8.42. The molecule has 2 unspecified atom stereocenters. The van der Waals surface area contributed by atoms with Gasteiger partial charge in [-0.25, -0.2) is 8.42 Å². The predicted octanol–water partition coefficient (Wildman–Crippen LogP) is 2.90. The average Bonchev–Trinajstić information content (AvgIpc) is 2.57. The van der Waals surface area contributed by atoms with Crippen LogP contribution in [0.25, 0.3) is 0 Å². The Kier molecular flexibility index (Phi) is 6.54. The van der Waals surface area contributed by atoms with Crippen LogP contribution in [-0.4, -0.2) is 37.7 Å². The number of hydrogen-bond donors (Lipinski definition) is 1. The summed E-state index contributed by atoms with van der Waals surface area (Å²) in [6, 6.07) is 17.7. The summed E-state index contributed by atoms with van der Waals surface area (Å²) in [6.07, 6.45) is -1.38. The van der Waals surface area contributed by atoms with E-state index in [1.165, 1.54) is 0 Å². The fraction of sp³-hybridized carbons (Fsp3) is 0.368. The number of sulfone groups is 1. The van der Waals surface area contributed by atoms with E-state index in [0.717, 1.165) is 16.7 Å². The highest BCUT2D eigenvalue weighted by Gasteiger charge is 2.20. The Morgan fingerprint density at radius 3 is 2.17 bits per heavy atom. The lowest BCUT2D eigenvalue weighted by Gasteiger charge is -2.21. The molecule has 0 radical (unpaired) electrons. The molecular formula is C19H24O4S. The standard InChI is InChI=1S/C19H24O4S/c1-3-24(21,22)14-18(20)13-23-19(16-7-5-4-6-8-16)17-11-9-15(2)10-12-17/h4-12,18-20H,3,13-14H2,1-2H3. The quantitative estimate of drug-likeness (QED) is 0.797. The molecule has 0 heterocycles. The smallest absolute Gasteiger partial charge is 0.152 e. The molecule has 4 nitrogen and oxygen atoms in total. The second-order valence-corrected chi connectivity index (χ2v) is 8.29. The van der Waals surface area contributed by atoms with Gasteiger partial charge in [0.2, 0.25) is 0 Å². The van der Waals surface area contributed by atoms with Crippen molar-refractivity contribution in [2.75, 3.05) is 18.1 Å². The van der Waals surface area contributed by atoms with Crippen molar-refractivity contribution in [3.63, 3.8) is 0 Å². The first-order valence-corrected chi connectivity index (χ1v) is 9.85. The molecule has 0 fully saturated rings. The van der Waals surface area contributed by atoms with Crippen molar-refractivity contribution >= 4 is 9.84 Å². The molecule has 0 spiro atoms. The van der Waals surface area contributed by atoms with Crippen molar-refractivity contribution < 1.29 is 18.3 Å². The molecule has 0 aliphatic heterocycles. The first-order valence-electron chi connectivity index (χ1n) is 8.03. The lowest BCUT2D eigenvalue weighted by Crippen LogP contribution is -2.27. The van der Waals surface area contributed by atoms with Gasteiger partial charge in [-0.05, 0) is 18.1 Å². The number of aryl methyl sites for hydroxylation is 1. The van der Waals surface area contributed by atoms with E-state index in [1.54, 1.807) is 6.92 Å². The Balaban J connectivity index is 2.14. The summed E-state index contributed by atoms with van der Waals surface area (Å²) in [4.78, 5) is 0. The van der Waals surface area contributed by atoms with Crippen molar-refractivity contribution in [3.05, 3.63) is 71.3 Å². The molecule has 130 valence electrons. The van der Waals surface area contributed by atoms with Crippen LogP contribution in [0, 0.1) is 6.92 Å². The van der Waals surface area contributed by atoms with E-state index in [9.17, 15) is 13.5 Å². The molecule has 0 amide bonds. The molecule has 2 aromatic rings. The predicted molar refractivity (Wildman–Crippen MR) is 95.8 cm³/mol. The molecule has 24 heavy (non-hydrogen) atoms. The van der Waals surface area contributed by atoms with Crippen LogP contribution in [0.3, 0.4) is 0 Å². The second-order valence-electron chi connectivity index (χ2n) is 5.89. The summed E-state index contributed by atoms with van der Waals surface area (Å²) >= 11 is 0. The van der Waals surface area contributed by atoms with Gasteiger partial charge in [-0.15, -0.1) is 0 Å². The van der Waals surface area contributed by atoms with Crippen LogP contribution in [0.1, 0.15) is 29.7 Å². The van der Waals surface area contributed by atoms with Crippen molar-refractivity contribution in [1.29, 1.82) is 0 Å². The topological polar surface area (TPSA) is 63.6 Å². The van der Waals surface area contributed by atoms with Gasteiger partial charge in [0.25, 0.3) is 0 Å². The summed E-state index contributed by atoms with van der Waals surface area (Å²) < 4.78 is 29.1. The minimum Gasteiger partial charge on any atom is -0.390 e. The van der Waals surface area contributed by atoms with E-state index < -0.39 is 15.9 Å². The molecule has 0 bridgehead atoms. The molecule has 2 atom stereocenters. The molecule has 0 saturated heterocycles. The molecule has 0 aliphatic rings. The molecule has 0 saturated carbocycles. The van der Waals surface area contributed by atoms with E-state index in [2.05, 4.69) is 0 Å². The zero-order valence-electron chi connectivity index (χ0n) is 14.1. The van der Waals surface area contributed by atoms with Gasteiger partial charge in [0.05, 0.1) is 18.5 Å². The molecular weight excluding hydrogens is 324 g/mol. The zero-order valence-corrected chi connectivity index (χ0v) is 14.9. The van der Waals surface area contributed by atoms with Gasteiger partial charge in [-0.1, -0.05) is 67.1 Å². The zero-order chi connectivity index (χ0) is 17.6. The summed E-state index contributed by atoms with van der Waals surface area (Å²) in [5.74, 6) is -0.261. The third-order valence-corrected chi connectivity index (χ3v) is 5.60.